The molecule has 0 bridgehead atoms. The lowest BCUT2D eigenvalue weighted by molar-refractivity contribution is -0.167. The van der Waals surface area contributed by atoms with Crippen molar-refractivity contribution in [1.29, 1.82) is 0 Å². The largest absolute Gasteiger partial charge is 0.481 e. The second-order valence-electron chi connectivity index (χ2n) is 5.81. The van der Waals surface area contributed by atoms with Gasteiger partial charge in [-0.3, -0.25) is 9.59 Å². The number of nitrogens with two attached hydrogens (primary N) is 1. The highest BCUT2D eigenvalue weighted by Gasteiger charge is 2.36. The molecule has 1 rings (SSSR count). The third-order valence-corrected chi connectivity index (χ3v) is 3.54. The van der Waals surface area contributed by atoms with E-state index >= 15 is 0 Å². The average Bonchev–Trinajstić information content (AvgIpc) is 2.29. The van der Waals surface area contributed by atoms with Crippen molar-refractivity contribution in [2.75, 3.05) is 0 Å². The first kappa shape index (κ1) is 17.7. The van der Waals surface area contributed by atoms with Crippen molar-refractivity contribution >= 4 is 27.9 Å². The number of esters is 1. The van der Waals surface area contributed by atoms with Crippen molar-refractivity contribution in [1.82, 2.24) is 0 Å². The first-order valence-electron chi connectivity index (χ1n) is 6.56. The first-order valence-corrected chi connectivity index (χ1v) is 7.36. The van der Waals surface area contributed by atoms with Crippen LogP contribution in [0, 0.1) is 5.92 Å². The summed E-state index contributed by atoms with van der Waals surface area (Å²) in [7, 11) is 0. The van der Waals surface area contributed by atoms with E-state index in [4.69, 9.17) is 10.5 Å². The van der Waals surface area contributed by atoms with Gasteiger partial charge in [-0.05, 0) is 38.8 Å². The Labute approximate surface area is 132 Å². The number of halogens is 1. The maximum atomic E-state index is 12.0. The van der Waals surface area contributed by atoms with Crippen LogP contribution in [0.2, 0.25) is 0 Å². The van der Waals surface area contributed by atoms with Crippen LogP contribution in [0.1, 0.15) is 26.3 Å². The molecule has 1 aromatic carbocycles. The van der Waals surface area contributed by atoms with Gasteiger partial charge in [0.15, 0.2) is 5.92 Å². The number of rotatable bonds is 5. The van der Waals surface area contributed by atoms with Gasteiger partial charge in [-0.1, -0.05) is 34.1 Å². The minimum Gasteiger partial charge on any atom is -0.481 e. The number of carbonyl (C=O) groups excluding carboxylic acids is 1. The molecule has 0 fully saturated rings. The fraction of sp³-hybridized carbons (Fsp3) is 0.467. The number of hydrogen-bond donors (Lipinski definition) is 2. The van der Waals surface area contributed by atoms with Crippen LogP contribution in [0.15, 0.2) is 28.7 Å². The molecule has 0 aliphatic rings. The molecule has 2 atom stereocenters. The van der Waals surface area contributed by atoms with Crippen molar-refractivity contribution in [2.24, 2.45) is 11.7 Å². The number of ether oxygens (including phenoxy) is 1. The van der Waals surface area contributed by atoms with Crippen LogP contribution in [-0.4, -0.2) is 28.7 Å². The molecule has 3 N–H and O–H groups in total. The molecule has 0 aromatic heterocycles. The van der Waals surface area contributed by atoms with Gasteiger partial charge >= 0.3 is 11.9 Å². The Bertz CT molecular complexity index is 525. The number of hydrogen-bond acceptors (Lipinski definition) is 4. The molecule has 0 aliphatic heterocycles. The zero-order valence-corrected chi connectivity index (χ0v) is 13.9. The fourth-order valence-corrected chi connectivity index (χ4v) is 2.31. The minimum absolute atomic E-state index is 0.262. The molecule has 0 amide bonds. The molecule has 6 heteroatoms. The van der Waals surface area contributed by atoms with Gasteiger partial charge in [-0.15, -0.1) is 0 Å². The molecular weight excluding hydrogens is 338 g/mol. The van der Waals surface area contributed by atoms with Crippen LogP contribution in [0.25, 0.3) is 0 Å². The Morgan fingerprint density at radius 2 is 1.90 bits per heavy atom. The van der Waals surface area contributed by atoms with E-state index in [2.05, 4.69) is 15.9 Å². The molecule has 0 spiro atoms. The van der Waals surface area contributed by atoms with Crippen molar-refractivity contribution in [3.05, 3.63) is 34.3 Å². The first-order chi connectivity index (χ1) is 9.61. The molecule has 0 aliphatic carbocycles. The Hall–Kier alpha value is -1.40. The molecule has 21 heavy (non-hydrogen) atoms. The maximum absolute atomic E-state index is 12.0. The van der Waals surface area contributed by atoms with Gasteiger partial charge in [0.05, 0.1) is 0 Å². The highest BCUT2D eigenvalue weighted by atomic mass is 79.9. The summed E-state index contributed by atoms with van der Waals surface area (Å²) in [5.41, 5.74) is 6.03. The van der Waals surface area contributed by atoms with Gasteiger partial charge in [0, 0.05) is 10.5 Å². The van der Waals surface area contributed by atoms with E-state index in [1.54, 1.807) is 20.8 Å². The molecular formula is C15H20BrNO4. The van der Waals surface area contributed by atoms with E-state index in [9.17, 15) is 14.7 Å². The van der Waals surface area contributed by atoms with Gasteiger partial charge < -0.3 is 15.6 Å². The minimum atomic E-state index is -1.39. The SMILES string of the molecule is CC(C)(C)OC(=O)[C@@H](C(=O)O)[C@@H](N)Cc1ccccc1Br. The molecule has 0 saturated heterocycles. The third kappa shape index (κ3) is 5.47. The van der Waals surface area contributed by atoms with Crippen LogP contribution >= 0.6 is 15.9 Å². The second-order valence-corrected chi connectivity index (χ2v) is 6.66. The van der Waals surface area contributed by atoms with Gasteiger partial charge in [-0.25, -0.2) is 0 Å². The number of aliphatic carboxylic acids is 1. The average molecular weight is 358 g/mol. The van der Waals surface area contributed by atoms with E-state index in [0.29, 0.717) is 0 Å². The summed E-state index contributed by atoms with van der Waals surface area (Å²) < 4.78 is 5.97. The van der Waals surface area contributed by atoms with E-state index < -0.39 is 29.5 Å². The van der Waals surface area contributed by atoms with E-state index in [-0.39, 0.29) is 6.42 Å². The van der Waals surface area contributed by atoms with Crippen molar-refractivity contribution in [3.63, 3.8) is 0 Å². The maximum Gasteiger partial charge on any atom is 0.322 e. The van der Waals surface area contributed by atoms with E-state index in [1.807, 2.05) is 24.3 Å². The summed E-state index contributed by atoms with van der Waals surface area (Å²) in [4.78, 5) is 23.4. The zero-order valence-electron chi connectivity index (χ0n) is 12.3. The quantitative estimate of drug-likeness (QED) is 0.623. The molecule has 0 radical (unpaired) electrons. The lowest BCUT2D eigenvalue weighted by Gasteiger charge is -2.25. The predicted molar refractivity (Wildman–Crippen MR) is 82.8 cm³/mol. The highest BCUT2D eigenvalue weighted by molar-refractivity contribution is 9.10. The van der Waals surface area contributed by atoms with Crippen LogP contribution in [0.4, 0.5) is 0 Å². The molecule has 1 aromatic rings. The third-order valence-electron chi connectivity index (χ3n) is 2.77. The summed E-state index contributed by atoms with van der Waals surface area (Å²) in [5, 5.41) is 9.27. The topological polar surface area (TPSA) is 89.6 Å². The van der Waals surface area contributed by atoms with Gasteiger partial charge in [0.1, 0.15) is 5.60 Å². The Kier molecular flexibility index (Phi) is 5.92. The van der Waals surface area contributed by atoms with Crippen molar-refractivity contribution in [3.8, 4) is 0 Å². The van der Waals surface area contributed by atoms with Gasteiger partial charge in [0.2, 0.25) is 0 Å². The van der Waals surface area contributed by atoms with E-state index in [1.165, 1.54) is 0 Å². The summed E-state index contributed by atoms with van der Waals surface area (Å²) in [6, 6.07) is 6.48. The Balaban J connectivity index is 2.88. The molecule has 0 heterocycles. The second kappa shape index (κ2) is 7.04. The number of carboxylic acids is 1. The summed E-state index contributed by atoms with van der Waals surface area (Å²) >= 11 is 3.38. The molecule has 0 saturated carbocycles. The predicted octanol–water partition coefficient (Wildman–Crippen LogP) is 2.36. The number of carboxylic acid groups (broad SMARTS) is 1. The molecule has 0 unspecified atom stereocenters. The van der Waals surface area contributed by atoms with Crippen molar-refractivity contribution < 1.29 is 19.4 Å². The number of carbonyl (C=O) groups is 2. The fourth-order valence-electron chi connectivity index (χ4n) is 1.86. The van der Waals surface area contributed by atoms with Crippen LogP contribution < -0.4 is 5.73 Å². The van der Waals surface area contributed by atoms with Gasteiger partial charge in [-0.2, -0.15) is 0 Å². The molecule has 5 nitrogen and oxygen atoms in total. The smallest absolute Gasteiger partial charge is 0.322 e. The zero-order chi connectivity index (χ0) is 16.2. The Morgan fingerprint density at radius 1 is 1.33 bits per heavy atom. The van der Waals surface area contributed by atoms with Crippen LogP contribution in [0.3, 0.4) is 0 Å². The van der Waals surface area contributed by atoms with Crippen LogP contribution in [0.5, 0.6) is 0 Å². The lowest BCUT2D eigenvalue weighted by Crippen LogP contribution is -2.45. The standard InChI is InChI=1S/C15H20BrNO4/c1-15(2,3)21-14(20)12(13(18)19)11(17)8-9-6-4-5-7-10(9)16/h4-7,11-12H,8,17H2,1-3H3,(H,18,19)/t11-,12+/m0/s1. The normalized spacial score (nSPS) is 14.3. The monoisotopic (exact) mass is 357 g/mol. The number of benzene rings is 1. The Morgan fingerprint density at radius 3 is 2.38 bits per heavy atom. The highest BCUT2D eigenvalue weighted by Crippen LogP contribution is 2.21. The summed E-state index contributed by atoms with van der Waals surface area (Å²) in [6.45, 7) is 5.05. The van der Waals surface area contributed by atoms with Crippen molar-refractivity contribution in [2.45, 2.75) is 38.8 Å². The van der Waals surface area contributed by atoms with Crippen LogP contribution in [-0.2, 0) is 20.7 Å². The molecule has 116 valence electrons. The lowest BCUT2D eigenvalue weighted by atomic mass is 9.94. The summed E-state index contributed by atoms with van der Waals surface area (Å²) in [6.07, 6.45) is 0.262. The summed E-state index contributed by atoms with van der Waals surface area (Å²) in [5.74, 6) is -3.48. The van der Waals surface area contributed by atoms with Gasteiger partial charge in [0.25, 0.3) is 0 Å². The van der Waals surface area contributed by atoms with E-state index in [0.717, 1.165) is 10.0 Å².